The van der Waals surface area contributed by atoms with Crippen molar-refractivity contribution in [3.63, 3.8) is 0 Å². The highest BCUT2D eigenvalue weighted by Crippen LogP contribution is 2.34. The lowest BCUT2D eigenvalue weighted by atomic mass is 10.0. The first kappa shape index (κ1) is 15.6. The van der Waals surface area contributed by atoms with E-state index in [9.17, 15) is 14.0 Å². The molecule has 5 nitrogen and oxygen atoms in total. The molecule has 0 aromatic heterocycles. The lowest BCUT2D eigenvalue weighted by Gasteiger charge is -2.23. The van der Waals surface area contributed by atoms with Gasteiger partial charge in [0.05, 0.1) is 18.4 Å². The predicted molar refractivity (Wildman–Crippen MR) is 84.3 cm³/mol. The van der Waals surface area contributed by atoms with Crippen LogP contribution in [0.2, 0.25) is 0 Å². The van der Waals surface area contributed by atoms with Crippen LogP contribution in [0.5, 0.6) is 0 Å². The van der Waals surface area contributed by atoms with E-state index in [1.807, 2.05) is 11.0 Å². The highest BCUT2D eigenvalue weighted by Gasteiger charge is 2.48. The molecule has 0 spiro atoms. The molecule has 2 amide bonds. The number of nitrogens with zero attached hydrogens (tertiary/aromatic N) is 2. The van der Waals surface area contributed by atoms with Gasteiger partial charge >= 0.3 is 0 Å². The molecule has 0 saturated carbocycles. The van der Waals surface area contributed by atoms with E-state index >= 15 is 0 Å². The summed E-state index contributed by atoms with van der Waals surface area (Å²) < 4.78 is 18.6. The zero-order valence-electron chi connectivity index (χ0n) is 13.5. The van der Waals surface area contributed by atoms with Crippen LogP contribution in [0.15, 0.2) is 24.3 Å². The third-order valence-corrected chi connectivity index (χ3v) is 5.38. The second kappa shape index (κ2) is 6.16. The van der Waals surface area contributed by atoms with Crippen LogP contribution in [-0.2, 0) is 20.9 Å². The highest BCUT2D eigenvalue weighted by molar-refractivity contribution is 5.85. The van der Waals surface area contributed by atoms with Crippen molar-refractivity contribution in [2.45, 2.75) is 13.0 Å². The molecule has 3 saturated heterocycles. The van der Waals surface area contributed by atoms with E-state index in [2.05, 4.69) is 0 Å². The van der Waals surface area contributed by atoms with Gasteiger partial charge in [-0.1, -0.05) is 12.1 Å². The molecule has 24 heavy (non-hydrogen) atoms. The second-order valence-corrected chi connectivity index (χ2v) is 7.02. The number of ether oxygens (including phenoxy) is 1. The van der Waals surface area contributed by atoms with Gasteiger partial charge in [0.25, 0.3) is 0 Å². The molecule has 1 unspecified atom stereocenters. The maximum Gasteiger partial charge on any atom is 0.228 e. The van der Waals surface area contributed by atoms with Gasteiger partial charge in [-0.3, -0.25) is 9.59 Å². The molecule has 0 aliphatic carbocycles. The fourth-order valence-electron chi connectivity index (χ4n) is 4.11. The van der Waals surface area contributed by atoms with Crippen LogP contribution in [0.1, 0.15) is 12.0 Å². The second-order valence-electron chi connectivity index (χ2n) is 7.02. The van der Waals surface area contributed by atoms with Crippen molar-refractivity contribution in [3.8, 4) is 0 Å². The van der Waals surface area contributed by atoms with Crippen molar-refractivity contribution in [1.29, 1.82) is 0 Å². The zero-order chi connectivity index (χ0) is 16.7. The van der Waals surface area contributed by atoms with Crippen LogP contribution < -0.4 is 0 Å². The summed E-state index contributed by atoms with van der Waals surface area (Å²) in [4.78, 5) is 28.7. The van der Waals surface area contributed by atoms with E-state index in [1.165, 1.54) is 12.1 Å². The Morgan fingerprint density at radius 3 is 2.88 bits per heavy atom. The molecule has 1 aromatic rings. The Morgan fingerprint density at radius 1 is 1.29 bits per heavy atom. The lowest BCUT2D eigenvalue weighted by Crippen LogP contribution is -2.38. The lowest BCUT2D eigenvalue weighted by molar-refractivity contribution is -0.136. The Morgan fingerprint density at radius 2 is 2.17 bits per heavy atom. The molecule has 4 rings (SSSR count). The van der Waals surface area contributed by atoms with E-state index in [1.54, 1.807) is 11.0 Å². The minimum atomic E-state index is -0.283. The molecule has 0 bridgehead atoms. The maximum absolute atomic E-state index is 13.3. The summed E-state index contributed by atoms with van der Waals surface area (Å²) >= 11 is 0. The Kier molecular flexibility index (Phi) is 4.00. The fraction of sp³-hybridized carbons (Fsp3) is 0.556. The number of benzene rings is 1. The predicted octanol–water partition coefficient (Wildman–Crippen LogP) is 1.28. The molecule has 3 fully saturated rings. The van der Waals surface area contributed by atoms with E-state index < -0.39 is 0 Å². The number of hydrogen-bond donors (Lipinski definition) is 0. The molecular weight excluding hydrogens is 311 g/mol. The molecule has 1 aromatic carbocycles. The number of amides is 2. The van der Waals surface area contributed by atoms with Crippen molar-refractivity contribution >= 4 is 11.8 Å². The van der Waals surface area contributed by atoms with Crippen molar-refractivity contribution < 1.29 is 18.7 Å². The van der Waals surface area contributed by atoms with E-state index in [-0.39, 0.29) is 35.4 Å². The Bertz CT molecular complexity index is 659. The first-order valence-corrected chi connectivity index (χ1v) is 8.51. The summed E-state index contributed by atoms with van der Waals surface area (Å²) in [6.45, 7) is 3.39. The van der Waals surface area contributed by atoms with Gasteiger partial charge in [-0.2, -0.15) is 0 Å². The van der Waals surface area contributed by atoms with E-state index in [0.717, 1.165) is 12.0 Å². The van der Waals surface area contributed by atoms with Crippen LogP contribution in [0.25, 0.3) is 0 Å². The third kappa shape index (κ3) is 2.79. The SMILES string of the molecule is O=C(C1CCOC1)N1C[C@H]2CN(Cc3cccc(F)c3)C(=O)[C@H]2C1. The standard InChI is InChI=1S/C18H21FN2O3/c19-15-3-1-2-12(6-15)7-20-8-14-9-21(10-16(14)18(20)23)17(22)13-4-5-24-11-13/h1-3,6,13-14,16H,4-5,7-11H2/t13?,14-,16+/m1/s1. The van der Waals surface area contributed by atoms with E-state index in [0.29, 0.717) is 39.4 Å². The van der Waals surface area contributed by atoms with Crippen LogP contribution >= 0.6 is 0 Å². The summed E-state index contributed by atoms with van der Waals surface area (Å²) in [6.07, 6.45) is 0.782. The Hall–Kier alpha value is -1.95. The van der Waals surface area contributed by atoms with Crippen LogP contribution in [0, 0.1) is 23.6 Å². The summed E-state index contributed by atoms with van der Waals surface area (Å²) in [6, 6.07) is 6.37. The quantitative estimate of drug-likeness (QED) is 0.838. The monoisotopic (exact) mass is 332 g/mol. The minimum Gasteiger partial charge on any atom is -0.381 e. The number of halogens is 1. The van der Waals surface area contributed by atoms with Crippen LogP contribution in [0.3, 0.4) is 0 Å². The largest absolute Gasteiger partial charge is 0.381 e. The van der Waals surface area contributed by atoms with Gasteiger partial charge in [0.15, 0.2) is 0 Å². The Labute approximate surface area is 140 Å². The molecule has 3 heterocycles. The number of fused-ring (bicyclic) bond motifs is 1. The van der Waals surface area contributed by atoms with Gasteiger partial charge in [0, 0.05) is 38.7 Å². The summed E-state index contributed by atoms with van der Waals surface area (Å²) in [7, 11) is 0. The summed E-state index contributed by atoms with van der Waals surface area (Å²) in [5.41, 5.74) is 0.805. The molecule has 3 aliphatic heterocycles. The third-order valence-electron chi connectivity index (χ3n) is 5.38. The van der Waals surface area contributed by atoms with Crippen molar-refractivity contribution in [1.82, 2.24) is 9.80 Å². The Balaban J connectivity index is 1.38. The first-order valence-electron chi connectivity index (χ1n) is 8.51. The molecule has 0 N–H and O–H groups in total. The minimum absolute atomic E-state index is 0.0395. The molecule has 128 valence electrons. The average molecular weight is 332 g/mol. The van der Waals surface area contributed by atoms with Crippen molar-refractivity contribution in [3.05, 3.63) is 35.6 Å². The molecule has 0 radical (unpaired) electrons. The number of carbonyl (C=O) groups is 2. The van der Waals surface area contributed by atoms with Gasteiger partial charge < -0.3 is 14.5 Å². The van der Waals surface area contributed by atoms with Gasteiger partial charge in [0.2, 0.25) is 11.8 Å². The summed E-state index contributed by atoms with van der Waals surface area (Å²) in [5, 5.41) is 0. The first-order chi connectivity index (χ1) is 11.6. The topological polar surface area (TPSA) is 49.9 Å². The fourth-order valence-corrected chi connectivity index (χ4v) is 4.11. The zero-order valence-corrected chi connectivity index (χ0v) is 13.5. The van der Waals surface area contributed by atoms with Gasteiger partial charge in [0.1, 0.15) is 5.82 Å². The molecule has 3 aliphatic rings. The number of rotatable bonds is 3. The number of likely N-dealkylation sites (tertiary alicyclic amines) is 2. The van der Waals surface area contributed by atoms with Gasteiger partial charge in [-0.05, 0) is 24.1 Å². The molecular formula is C18H21FN2O3. The molecule has 3 atom stereocenters. The van der Waals surface area contributed by atoms with Gasteiger partial charge in [-0.25, -0.2) is 4.39 Å². The van der Waals surface area contributed by atoms with E-state index in [4.69, 9.17) is 4.74 Å². The number of carbonyl (C=O) groups excluding carboxylic acids is 2. The molecule has 6 heteroatoms. The smallest absolute Gasteiger partial charge is 0.228 e. The van der Waals surface area contributed by atoms with Crippen molar-refractivity contribution in [2.24, 2.45) is 17.8 Å². The van der Waals surface area contributed by atoms with Gasteiger partial charge in [-0.15, -0.1) is 0 Å². The average Bonchev–Trinajstić information content (AvgIpc) is 3.27. The van der Waals surface area contributed by atoms with Crippen LogP contribution in [0.4, 0.5) is 4.39 Å². The van der Waals surface area contributed by atoms with Crippen LogP contribution in [-0.4, -0.2) is 54.5 Å². The normalized spacial score (nSPS) is 29.4. The highest BCUT2D eigenvalue weighted by atomic mass is 19.1. The number of hydrogen-bond acceptors (Lipinski definition) is 3. The summed E-state index contributed by atoms with van der Waals surface area (Å²) in [5.74, 6) is -0.0204. The van der Waals surface area contributed by atoms with Crippen molar-refractivity contribution in [2.75, 3.05) is 32.8 Å². The maximum atomic E-state index is 13.3.